The van der Waals surface area contributed by atoms with E-state index in [1.807, 2.05) is 30.3 Å². The standard InChI is InChI=1S/C15H18N4O4/c1-15(2,9-8-11(20)21)18-13(22)17-14-16-12(19-23-14)10-6-4-3-5-7-10/h3-7H,8-9H2,1-2H3,(H,20,21)(H2,16,17,18,19,22). The zero-order valence-electron chi connectivity index (χ0n) is 12.9. The van der Waals surface area contributed by atoms with Gasteiger partial charge in [-0.1, -0.05) is 35.5 Å². The van der Waals surface area contributed by atoms with Crippen molar-refractivity contribution in [3.8, 4) is 11.4 Å². The summed E-state index contributed by atoms with van der Waals surface area (Å²) in [6.45, 7) is 3.47. The second-order valence-corrected chi connectivity index (χ2v) is 5.65. The van der Waals surface area contributed by atoms with Crippen LogP contribution in [0.25, 0.3) is 11.4 Å². The Morgan fingerprint density at radius 3 is 2.61 bits per heavy atom. The Morgan fingerprint density at radius 2 is 1.96 bits per heavy atom. The van der Waals surface area contributed by atoms with Crippen molar-refractivity contribution in [2.24, 2.45) is 0 Å². The van der Waals surface area contributed by atoms with Crippen LogP contribution in [0.5, 0.6) is 0 Å². The largest absolute Gasteiger partial charge is 0.481 e. The van der Waals surface area contributed by atoms with E-state index >= 15 is 0 Å². The van der Waals surface area contributed by atoms with Gasteiger partial charge in [0.05, 0.1) is 0 Å². The number of nitrogens with one attached hydrogen (secondary N) is 2. The van der Waals surface area contributed by atoms with Gasteiger partial charge in [-0.15, -0.1) is 0 Å². The van der Waals surface area contributed by atoms with E-state index < -0.39 is 17.5 Å². The molecule has 1 heterocycles. The molecular weight excluding hydrogens is 300 g/mol. The van der Waals surface area contributed by atoms with E-state index in [-0.39, 0.29) is 12.4 Å². The highest BCUT2D eigenvalue weighted by Crippen LogP contribution is 2.17. The number of nitrogens with zero attached hydrogens (tertiary/aromatic N) is 2. The first-order valence-electron chi connectivity index (χ1n) is 7.06. The van der Waals surface area contributed by atoms with Crippen LogP contribution in [0.3, 0.4) is 0 Å². The Labute approximate surface area is 132 Å². The number of benzene rings is 1. The average Bonchev–Trinajstić information content (AvgIpc) is 2.94. The van der Waals surface area contributed by atoms with E-state index in [1.165, 1.54) is 0 Å². The summed E-state index contributed by atoms with van der Waals surface area (Å²) in [7, 11) is 0. The van der Waals surface area contributed by atoms with E-state index in [9.17, 15) is 9.59 Å². The molecule has 2 amide bonds. The van der Waals surface area contributed by atoms with Crippen LogP contribution in [-0.2, 0) is 4.79 Å². The summed E-state index contributed by atoms with van der Waals surface area (Å²) in [4.78, 5) is 26.6. The summed E-state index contributed by atoms with van der Waals surface area (Å²) >= 11 is 0. The Hall–Kier alpha value is -2.90. The number of rotatable bonds is 6. The molecule has 0 aliphatic rings. The number of hydrogen-bond acceptors (Lipinski definition) is 5. The first-order valence-corrected chi connectivity index (χ1v) is 7.06. The summed E-state index contributed by atoms with van der Waals surface area (Å²) in [5.41, 5.74) is 0.0941. The molecule has 1 aromatic carbocycles. The summed E-state index contributed by atoms with van der Waals surface area (Å²) in [5, 5.41) is 17.6. The van der Waals surface area contributed by atoms with E-state index in [2.05, 4.69) is 20.8 Å². The molecule has 0 fully saturated rings. The van der Waals surface area contributed by atoms with Crippen LogP contribution < -0.4 is 10.6 Å². The molecule has 0 saturated heterocycles. The van der Waals surface area contributed by atoms with Crippen molar-refractivity contribution in [1.29, 1.82) is 0 Å². The maximum atomic E-state index is 11.9. The third kappa shape index (κ3) is 5.10. The summed E-state index contributed by atoms with van der Waals surface area (Å²) < 4.78 is 4.98. The minimum Gasteiger partial charge on any atom is -0.481 e. The molecule has 0 aliphatic heterocycles. The Morgan fingerprint density at radius 1 is 1.26 bits per heavy atom. The number of urea groups is 1. The van der Waals surface area contributed by atoms with Gasteiger partial charge in [0, 0.05) is 17.5 Å². The highest BCUT2D eigenvalue weighted by Gasteiger charge is 2.22. The van der Waals surface area contributed by atoms with Crippen molar-refractivity contribution < 1.29 is 19.2 Å². The van der Waals surface area contributed by atoms with Gasteiger partial charge in [0.25, 0.3) is 0 Å². The molecule has 2 rings (SSSR count). The number of amides is 2. The van der Waals surface area contributed by atoms with Gasteiger partial charge in [0.15, 0.2) is 0 Å². The lowest BCUT2D eigenvalue weighted by atomic mass is 9.99. The smallest absolute Gasteiger partial charge is 0.329 e. The summed E-state index contributed by atoms with van der Waals surface area (Å²) in [6.07, 6.45) is 0.265. The Balaban J connectivity index is 1.93. The van der Waals surface area contributed by atoms with E-state index in [1.54, 1.807) is 13.8 Å². The summed E-state index contributed by atoms with van der Waals surface area (Å²) in [6, 6.07) is 8.63. The third-order valence-electron chi connectivity index (χ3n) is 3.09. The van der Waals surface area contributed by atoms with Crippen molar-refractivity contribution >= 4 is 18.0 Å². The van der Waals surface area contributed by atoms with E-state index in [4.69, 9.17) is 9.63 Å². The molecule has 0 atom stereocenters. The predicted molar refractivity (Wildman–Crippen MR) is 82.8 cm³/mol. The SMILES string of the molecule is CC(C)(CCC(=O)O)NC(=O)Nc1nc(-c2ccccc2)no1. The lowest BCUT2D eigenvalue weighted by Gasteiger charge is -2.25. The lowest BCUT2D eigenvalue weighted by Crippen LogP contribution is -2.45. The number of hydrogen-bond donors (Lipinski definition) is 3. The van der Waals surface area contributed by atoms with Crippen LogP contribution in [0.4, 0.5) is 10.8 Å². The number of anilines is 1. The lowest BCUT2D eigenvalue weighted by molar-refractivity contribution is -0.137. The quantitative estimate of drug-likeness (QED) is 0.753. The van der Waals surface area contributed by atoms with Crippen LogP contribution in [0.15, 0.2) is 34.9 Å². The Bertz CT molecular complexity index is 682. The molecule has 0 unspecified atom stereocenters. The molecule has 2 aromatic rings. The van der Waals surface area contributed by atoms with Gasteiger partial charge in [-0.05, 0) is 20.3 Å². The number of carbonyl (C=O) groups excluding carboxylic acids is 1. The first kappa shape index (κ1) is 16.5. The van der Waals surface area contributed by atoms with Gasteiger partial charge in [0.1, 0.15) is 0 Å². The molecular formula is C15H18N4O4. The normalized spacial score (nSPS) is 11.0. The number of aliphatic carboxylic acids is 1. The third-order valence-corrected chi connectivity index (χ3v) is 3.09. The van der Waals surface area contributed by atoms with Crippen LogP contribution in [0.1, 0.15) is 26.7 Å². The summed E-state index contributed by atoms with van der Waals surface area (Å²) in [5.74, 6) is -0.546. The van der Waals surface area contributed by atoms with Crippen molar-refractivity contribution in [3.05, 3.63) is 30.3 Å². The maximum absolute atomic E-state index is 11.9. The Kier molecular flexibility index (Phi) is 4.95. The predicted octanol–water partition coefficient (Wildman–Crippen LogP) is 2.50. The molecule has 3 N–H and O–H groups in total. The fourth-order valence-corrected chi connectivity index (χ4v) is 1.90. The van der Waals surface area contributed by atoms with Gasteiger partial charge in [-0.25, -0.2) is 4.79 Å². The zero-order chi connectivity index (χ0) is 16.9. The van der Waals surface area contributed by atoms with Crippen molar-refractivity contribution in [3.63, 3.8) is 0 Å². The van der Waals surface area contributed by atoms with Crippen LogP contribution in [0.2, 0.25) is 0 Å². The van der Waals surface area contributed by atoms with Crippen molar-refractivity contribution in [2.75, 3.05) is 5.32 Å². The highest BCUT2D eigenvalue weighted by atomic mass is 16.5. The van der Waals surface area contributed by atoms with Crippen LogP contribution in [0, 0.1) is 0 Å². The first-order chi connectivity index (χ1) is 10.9. The number of aromatic nitrogens is 2. The highest BCUT2D eigenvalue weighted by molar-refractivity contribution is 5.87. The van der Waals surface area contributed by atoms with Crippen molar-refractivity contribution in [2.45, 2.75) is 32.2 Å². The molecule has 0 bridgehead atoms. The van der Waals surface area contributed by atoms with Crippen LogP contribution in [-0.4, -0.2) is 32.8 Å². The fourth-order valence-electron chi connectivity index (χ4n) is 1.90. The number of carboxylic acid groups (broad SMARTS) is 1. The van der Waals surface area contributed by atoms with E-state index in [0.717, 1.165) is 5.56 Å². The molecule has 8 nitrogen and oxygen atoms in total. The topological polar surface area (TPSA) is 117 Å². The molecule has 0 aliphatic carbocycles. The minimum absolute atomic E-state index is 0.0320. The molecule has 0 radical (unpaired) electrons. The second-order valence-electron chi connectivity index (χ2n) is 5.65. The van der Waals surface area contributed by atoms with Gasteiger partial charge in [-0.3, -0.25) is 10.1 Å². The van der Waals surface area contributed by atoms with Crippen molar-refractivity contribution in [1.82, 2.24) is 15.5 Å². The average molecular weight is 318 g/mol. The number of carbonyl (C=O) groups is 2. The molecule has 0 saturated carbocycles. The zero-order valence-corrected chi connectivity index (χ0v) is 12.9. The fraction of sp³-hybridized carbons (Fsp3) is 0.333. The molecule has 0 spiro atoms. The van der Waals surface area contributed by atoms with Gasteiger partial charge in [-0.2, -0.15) is 4.98 Å². The molecule has 8 heteroatoms. The molecule has 122 valence electrons. The second kappa shape index (κ2) is 6.91. The maximum Gasteiger partial charge on any atom is 0.329 e. The molecule has 1 aromatic heterocycles. The number of carboxylic acids is 1. The monoisotopic (exact) mass is 318 g/mol. The van der Waals surface area contributed by atoms with Crippen LogP contribution >= 0.6 is 0 Å². The van der Waals surface area contributed by atoms with Gasteiger partial charge in [0.2, 0.25) is 5.82 Å². The van der Waals surface area contributed by atoms with Gasteiger partial charge < -0.3 is 14.9 Å². The van der Waals surface area contributed by atoms with Gasteiger partial charge >= 0.3 is 18.0 Å². The van der Waals surface area contributed by atoms with E-state index in [0.29, 0.717) is 12.2 Å². The minimum atomic E-state index is -0.912. The molecule has 23 heavy (non-hydrogen) atoms.